The lowest BCUT2D eigenvalue weighted by Gasteiger charge is -2.31. The second kappa shape index (κ2) is 13.5. The molecule has 0 radical (unpaired) electrons. The summed E-state index contributed by atoms with van der Waals surface area (Å²) in [5, 5.41) is 14.6. The third-order valence-electron chi connectivity index (χ3n) is 10.7. The molecule has 2 heterocycles. The Bertz CT molecular complexity index is 1650. The van der Waals surface area contributed by atoms with Crippen molar-refractivity contribution in [3.63, 3.8) is 0 Å². The van der Waals surface area contributed by atoms with Gasteiger partial charge in [0, 0.05) is 42.5 Å². The summed E-state index contributed by atoms with van der Waals surface area (Å²) in [6.07, 6.45) is 13.0. The second-order valence-corrected chi connectivity index (χ2v) is 14.4. The number of hydrogen-bond donors (Lipinski definition) is 3. The summed E-state index contributed by atoms with van der Waals surface area (Å²) in [7, 11) is 0. The minimum atomic E-state index is -0.700. The van der Waals surface area contributed by atoms with Gasteiger partial charge in [0.25, 0.3) is 5.91 Å². The number of hydrogen-bond acceptors (Lipinski definition) is 8. The monoisotopic (exact) mass is 668 g/mol. The molecule has 0 aromatic heterocycles. The fraction of sp³-hybridized carbons (Fsp3) is 0.513. The van der Waals surface area contributed by atoms with Gasteiger partial charge in [-0.15, -0.1) is 0 Å². The highest BCUT2D eigenvalue weighted by Crippen LogP contribution is 2.59. The van der Waals surface area contributed by atoms with Crippen LogP contribution in [0.1, 0.15) is 83.2 Å². The average molecular weight is 669 g/mol. The summed E-state index contributed by atoms with van der Waals surface area (Å²) in [5.41, 5.74) is 3.07. The lowest BCUT2D eigenvalue weighted by molar-refractivity contribution is -0.209. The van der Waals surface area contributed by atoms with E-state index >= 15 is 0 Å². The summed E-state index contributed by atoms with van der Waals surface area (Å²) in [4.78, 5) is 39.6. The van der Waals surface area contributed by atoms with Gasteiger partial charge in [0.05, 0.1) is 24.4 Å². The van der Waals surface area contributed by atoms with Crippen LogP contribution in [-0.2, 0) is 30.3 Å². The molecule has 6 atom stereocenters. The number of aliphatic hydroxyl groups excluding tert-OH is 1. The maximum atomic E-state index is 13.7. The number of amides is 2. The number of nitrogens with one attached hydrogen (secondary N) is 2. The van der Waals surface area contributed by atoms with Crippen LogP contribution in [0.5, 0.6) is 0 Å². The van der Waals surface area contributed by atoms with Gasteiger partial charge in [-0.2, -0.15) is 0 Å². The summed E-state index contributed by atoms with van der Waals surface area (Å²) in [6.45, 7) is 0.222. The summed E-state index contributed by atoms with van der Waals surface area (Å²) < 4.78 is 25.3. The molecule has 8 rings (SSSR count). The molecule has 2 aliphatic heterocycles. The van der Waals surface area contributed by atoms with E-state index in [-0.39, 0.29) is 37.9 Å². The fourth-order valence-corrected chi connectivity index (χ4v) is 7.79. The van der Waals surface area contributed by atoms with Crippen molar-refractivity contribution < 1.29 is 38.4 Å². The number of epoxide rings is 1. The van der Waals surface area contributed by atoms with E-state index in [0.717, 1.165) is 56.1 Å². The van der Waals surface area contributed by atoms with Crippen molar-refractivity contribution >= 4 is 23.9 Å². The fourth-order valence-electron chi connectivity index (χ4n) is 7.79. The van der Waals surface area contributed by atoms with Crippen molar-refractivity contribution in [3.8, 4) is 0 Å². The number of carbonyl (C=O) groups excluding carboxylic acids is 3. The third-order valence-corrected chi connectivity index (χ3v) is 10.7. The van der Waals surface area contributed by atoms with E-state index in [1.165, 1.54) is 0 Å². The number of esters is 1. The lowest BCUT2D eigenvalue weighted by Crippen LogP contribution is -2.44. The highest BCUT2D eigenvalue weighted by Gasteiger charge is 2.64. The molecule has 2 saturated heterocycles. The number of benzene rings is 2. The van der Waals surface area contributed by atoms with Crippen LogP contribution in [0, 0.1) is 17.8 Å². The van der Waals surface area contributed by atoms with Crippen LogP contribution in [0.2, 0.25) is 0 Å². The Balaban J connectivity index is 0.966. The normalized spacial score (nSPS) is 29.8. The van der Waals surface area contributed by atoms with Gasteiger partial charge in [-0.25, -0.2) is 4.79 Å². The summed E-state index contributed by atoms with van der Waals surface area (Å²) in [5.74, 6) is -0.603. The van der Waals surface area contributed by atoms with Crippen LogP contribution in [0.4, 0.5) is 0 Å². The summed E-state index contributed by atoms with van der Waals surface area (Å²) in [6, 6.07) is 14.5. The molecule has 258 valence electrons. The predicted molar refractivity (Wildman–Crippen MR) is 179 cm³/mol. The standard InChI is InChI=1S/C39H44N2O8/c42-16-15-40-36(43)26-5-2-4-25(18-26)22-41-37(44)28-20-33(35-34(21-28)48-39(49-35,29-10-11-29)30-12-13-30)47-38(45)27-6-1-3-23(17-27)7-8-24-9-14-31-32(19-24)46-31/h1-8,17-18,21,24,29-35,42H,9-16,19-20,22H2,(H,40,43)(H,41,44). The molecule has 0 bridgehead atoms. The van der Waals surface area contributed by atoms with E-state index < -0.39 is 30.1 Å². The molecule has 0 spiro atoms. The number of ether oxygens (including phenoxy) is 4. The number of aliphatic hydroxyl groups is 1. The van der Waals surface area contributed by atoms with E-state index in [0.29, 0.717) is 46.7 Å². The van der Waals surface area contributed by atoms with Gasteiger partial charge >= 0.3 is 5.97 Å². The van der Waals surface area contributed by atoms with E-state index in [1.807, 2.05) is 30.3 Å². The first kappa shape index (κ1) is 32.4. The topological polar surface area (TPSA) is 136 Å². The Kier molecular flexibility index (Phi) is 8.90. The van der Waals surface area contributed by atoms with Crippen LogP contribution >= 0.6 is 0 Å². The van der Waals surface area contributed by atoms with Crippen LogP contribution in [0.15, 0.2) is 66.3 Å². The summed E-state index contributed by atoms with van der Waals surface area (Å²) >= 11 is 0. The zero-order valence-electron chi connectivity index (χ0n) is 27.6. The molecule has 10 heteroatoms. The van der Waals surface area contributed by atoms with Crippen molar-refractivity contribution in [1.29, 1.82) is 0 Å². The van der Waals surface area contributed by atoms with Crippen LogP contribution < -0.4 is 10.6 Å². The molecule has 6 unspecified atom stereocenters. The van der Waals surface area contributed by atoms with Gasteiger partial charge in [-0.3, -0.25) is 9.59 Å². The largest absolute Gasteiger partial charge is 0.456 e. The van der Waals surface area contributed by atoms with Crippen LogP contribution in [-0.4, -0.2) is 72.3 Å². The highest BCUT2D eigenvalue weighted by molar-refractivity contribution is 5.95. The molecular weight excluding hydrogens is 624 g/mol. The molecule has 2 aromatic carbocycles. The van der Waals surface area contributed by atoms with Crippen molar-refractivity contribution in [3.05, 3.63) is 88.5 Å². The zero-order chi connectivity index (χ0) is 33.5. The third kappa shape index (κ3) is 7.10. The van der Waals surface area contributed by atoms with Gasteiger partial charge in [0.1, 0.15) is 18.3 Å². The molecule has 5 fully saturated rings. The predicted octanol–water partition coefficient (Wildman–Crippen LogP) is 4.46. The number of allylic oxidation sites excluding steroid dienone is 1. The minimum Gasteiger partial charge on any atom is -0.456 e. The molecule has 2 amide bonds. The van der Waals surface area contributed by atoms with Crippen LogP contribution in [0.3, 0.4) is 0 Å². The molecular formula is C39H44N2O8. The van der Waals surface area contributed by atoms with E-state index in [9.17, 15) is 14.4 Å². The smallest absolute Gasteiger partial charge is 0.338 e. The van der Waals surface area contributed by atoms with Crippen molar-refractivity contribution in [2.75, 3.05) is 13.2 Å². The first-order valence-electron chi connectivity index (χ1n) is 17.9. The Morgan fingerprint density at radius 2 is 1.69 bits per heavy atom. The molecule has 10 nitrogen and oxygen atoms in total. The molecule has 6 aliphatic rings. The SMILES string of the molecule is O=C(NCc1cccc(C(=O)NCCO)c1)C1=CC2OC(C3CC3)(C3CC3)OC2C(OC(=O)c2cccc(C=CC3CCC4OC4C3)c2)C1. The Morgan fingerprint density at radius 1 is 0.898 bits per heavy atom. The highest BCUT2D eigenvalue weighted by atomic mass is 16.8. The molecule has 3 N–H and O–H groups in total. The minimum absolute atomic E-state index is 0.146. The molecule has 4 aliphatic carbocycles. The van der Waals surface area contributed by atoms with Gasteiger partial charge in [-0.05, 0) is 92.3 Å². The quantitative estimate of drug-likeness (QED) is 0.223. The number of rotatable bonds is 12. The second-order valence-electron chi connectivity index (χ2n) is 14.4. The van der Waals surface area contributed by atoms with Crippen molar-refractivity contribution in [2.24, 2.45) is 17.8 Å². The lowest BCUT2D eigenvalue weighted by atomic mass is 9.88. The van der Waals surface area contributed by atoms with Gasteiger partial charge in [0.15, 0.2) is 5.79 Å². The molecule has 49 heavy (non-hydrogen) atoms. The maximum absolute atomic E-state index is 13.7. The number of fused-ring (bicyclic) bond motifs is 2. The van der Waals surface area contributed by atoms with Crippen molar-refractivity contribution in [1.82, 2.24) is 10.6 Å². The Hall–Kier alpha value is -3.83. The van der Waals surface area contributed by atoms with Gasteiger partial charge in [0.2, 0.25) is 5.91 Å². The first-order chi connectivity index (χ1) is 23.9. The van der Waals surface area contributed by atoms with E-state index in [2.05, 4.69) is 22.8 Å². The maximum Gasteiger partial charge on any atom is 0.338 e. The average Bonchev–Trinajstić information content (AvgIpc) is 3.99. The van der Waals surface area contributed by atoms with Gasteiger partial charge < -0.3 is 34.7 Å². The molecule has 3 saturated carbocycles. The van der Waals surface area contributed by atoms with E-state index in [1.54, 1.807) is 24.3 Å². The number of carbonyl (C=O) groups is 3. The first-order valence-corrected chi connectivity index (χ1v) is 17.9. The van der Waals surface area contributed by atoms with E-state index in [4.69, 9.17) is 24.1 Å². The molecule has 2 aromatic rings. The Labute approximate surface area is 286 Å². The van der Waals surface area contributed by atoms with Gasteiger partial charge in [-0.1, -0.05) is 36.4 Å². The van der Waals surface area contributed by atoms with Crippen molar-refractivity contribution in [2.45, 2.75) is 94.2 Å². The Morgan fingerprint density at radius 3 is 2.47 bits per heavy atom. The zero-order valence-corrected chi connectivity index (χ0v) is 27.6. The van der Waals surface area contributed by atoms with Crippen LogP contribution in [0.25, 0.3) is 6.08 Å².